The SMILES string of the molecule is COC(=O)[C@H](Cc1ccccc1)NC(=O)NCc1ccccc1-c1ccc([C@@H]2O[C@H](CN3CCOCC3)C[C@H](c3ccc(CO)cc3)O2)cc1. The van der Waals surface area contributed by atoms with E-state index >= 15 is 0 Å². The number of ether oxygens (including phenoxy) is 4. The Morgan fingerprint density at radius 1 is 0.860 bits per heavy atom. The number of hydrogen-bond donors (Lipinski definition) is 3. The van der Waals surface area contributed by atoms with E-state index in [4.69, 9.17) is 18.9 Å². The lowest BCUT2D eigenvalue weighted by Crippen LogP contribution is -2.47. The third kappa shape index (κ3) is 9.35. The molecule has 2 aliphatic heterocycles. The second kappa shape index (κ2) is 17.4. The van der Waals surface area contributed by atoms with Crippen LogP contribution in [0.15, 0.2) is 103 Å². The van der Waals surface area contributed by atoms with E-state index in [1.54, 1.807) is 0 Å². The molecule has 0 aliphatic carbocycles. The Balaban J connectivity index is 1.13. The number of carbonyl (C=O) groups excluding carboxylic acids is 2. The van der Waals surface area contributed by atoms with Crippen LogP contribution in [-0.4, -0.2) is 74.1 Å². The molecule has 0 bridgehead atoms. The summed E-state index contributed by atoms with van der Waals surface area (Å²) in [5.74, 6) is -0.506. The zero-order valence-electron chi connectivity index (χ0n) is 28.3. The minimum Gasteiger partial charge on any atom is -0.467 e. The number of morpholine rings is 1. The maximum absolute atomic E-state index is 12.9. The number of nitrogens with one attached hydrogen (secondary N) is 2. The number of urea groups is 1. The average Bonchev–Trinajstić information content (AvgIpc) is 3.17. The molecule has 2 fully saturated rings. The largest absolute Gasteiger partial charge is 0.467 e. The summed E-state index contributed by atoms with van der Waals surface area (Å²) < 4.78 is 23.6. The monoisotopic (exact) mass is 679 g/mol. The first-order chi connectivity index (χ1) is 24.5. The first-order valence-electron chi connectivity index (χ1n) is 17.1. The number of esters is 1. The number of hydrogen-bond acceptors (Lipinski definition) is 8. The summed E-state index contributed by atoms with van der Waals surface area (Å²) in [5, 5.41) is 15.2. The molecule has 2 amide bonds. The Morgan fingerprint density at radius 2 is 1.56 bits per heavy atom. The van der Waals surface area contributed by atoms with E-state index in [0.717, 1.165) is 78.2 Å². The van der Waals surface area contributed by atoms with E-state index in [2.05, 4.69) is 15.5 Å². The fraction of sp³-hybridized carbons (Fsp3) is 0.350. The molecule has 2 aliphatic rings. The number of aliphatic hydroxyl groups is 1. The van der Waals surface area contributed by atoms with E-state index in [0.29, 0.717) is 6.42 Å². The van der Waals surface area contributed by atoms with Crippen molar-refractivity contribution in [3.8, 4) is 11.1 Å². The standard InChI is InChI=1S/C40H45N3O7/c1-47-38(45)36(23-28-7-3-2-4-8-28)42-40(46)41-25-33-9-5-6-10-35(33)30-15-17-32(18-16-30)39-49-34(26-43-19-21-48-22-20-43)24-37(50-39)31-13-11-29(27-44)12-14-31/h2-18,34,36-37,39,44H,19-27H2,1H3,(H2,41,42,46)/t34-,36-,37+,39+/m0/s1. The van der Waals surface area contributed by atoms with Crippen LogP contribution in [-0.2, 0) is 43.3 Å². The van der Waals surface area contributed by atoms with Gasteiger partial charge in [0, 0.05) is 44.6 Å². The Bertz CT molecular complexity index is 1680. The van der Waals surface area contributed by atoms with Crippen LogP contribution in [0.25, 0.3) is 11.1 Å². The number of carbonyl (C=O) groups is 2. The molecule has 0 saturated carbocycles. The van der Waals surface area contributed by atoms with Gasteiger partial charge < -0.3 is 34.7 Å². The molecule has 0 aromatic heterocycles. The Kier molecular flexibility index (Phi) is 12.3. The molecular weight excluding hydrogens is 634 g/mol. The lowest BCUT2D eigenvalue weighted by Gasteiger charge is -2.39. The summed E-state index contributed by atoms with van der Waals surface area (Å²) in [7, 11) is 1.31. The van der Waals surface area contributed by atoms with E-state index in [1.165, 1.54) is 7.11 Å². The summed E-state index contributed by atoms with van der Waals surface area (Å²) >= 11 is 0. The first-order valence-corrected chi connectivity index (χ1v) is 17.1. The van der Waals surface area contributed by atoms with E-state index in [-0.39, 0.29) is 25.4 Å². The number of nitrogens with zero attached hydrogens (tertiary/aromatic N) is 1. The normalized spacial score (nSPS) is 20.1. The van der Waals surface area contributed by atoms with Crippen molar-refractivity contribution in [2.24, 2.45) is 0 Å². The summed E-state index contributed by atoms with van der Waals surface area (Å²) in [6.45, 7) is 4.27. The van der Waals surface area contributed by atoms with Crippen molar-refractivity contribution in [2.45, 2.75) is 50.5 Å². The highest BCUT2D eigenvalue weighted by atomic mass is 16.7. The Labute approximate surface area is 293 Å². The van der Waals surface area contributed by atoms with E-state index in [9.17, 15) is 14.7 Å². The van der Waals surface area contributed by atoms with Gasteiger partial charge in [-0.15, -0.1) is 0 Å². The summed E-state index contributed by atoms with van der Waals surface area (Å²) in [6, 6.07) is 32.2. The molecule has 3 N–H and O–H groups in total. The molecule has 262 valence electrons. The van der Waals surface area contributed by atoms with Gasteiger partial charge >= 0.3 is 12.0 Å². The molecular formula is C40H45N3O7. The van der Waals surface area contributed by atoms with Gasteiger partial charge in [-0.3, -0.25) is 4.90 Å². The summed E-state index contributed by atoms with van der Waals surface area (Å²) in [4.78, 5) is 27.8. The molecule has 2 heterocycles. The third-order valence-corrected chi connectivity index (χ3v) is 9.20. The van der Waals surface area contributed by atoms with Gasteiger partial charge in [-0.05, 0) is 33.4 Å². The molecule has 4 aromatic rings. The van der Waals surface area contributed by atoms with E-state index < -0.39 is 24.3 Å². The van der Waals surface area contributed by atoms with Gasteiger partial charge in [0.25, 0.3) is 0 Å². The molecule has 10 nitrogen and oxygen atoms in total. The van der Waals surface area contributed by atoms with Crippen molar-refractivity contribution in [3.05, 3.63) is 131 Å². The zero-order chi connectivity index (χ0) is 34.7. The molecule has 4 aromatic carbocycles. The van der Waals surface area contributed by atoms with Gasteiger partial charge in [-0.1, -0.05) is 103 Å². The van der Waals surface area contributed by atoms with Gasteiger partial charge in [0.2, 0.25) is 0 Å². The lowest BCUT2D eigenvalue weighted by molar-refractivity contribution is -0.253. The quantitative estimate of drug-likeness (QED) is 0.173. The minimum absolute atomic E-state index is 0.000545. The highest BCUT2D eigenvalue weighted by Crippen LogP contribution is 2.39. The van der Waals surface area contributed by atoms with E-state index in [1.807, 2.05) is 103 Å². The van der Waals surface area contributed by atoms with Crippen LogP contribution in [0.3, 0.4) is 0 Å². The number of rotatable bonds is 12. The Hall–Kier alpha value is -4.58. The van der Waals surface area contributed by atoms with Gasteiger partial charge in [0.05, 0.1) is 39.1 Å². The number of benzene rings is 4. The second-order valence-corrected chi connectivity index (χ2v) is 12.6. The van der Waals surface area contributed by atoms with Crippen LogP contribution in [0.4, 0.5) is 4.79 Å². The number of methoxy groups -OCH3 is 1. The highest BCUT2D eigenvalue weighted by Gasteiger charge is 2.33. The van der Waals surface area contributed by atoms with Crippen molar-refractivity contribution in [1.29, 1.82) is 0 Å². The van der Waals surface area contributed by atoms with Gasteiger partial charge in [0.1, 0.15) is 6.04 Å². The topological polar surface area (TPSA) is 119 Å². The lowest BCUT2D eigenvalue weighted by atomic mass is 9.97. The molecule has 0 spiro atoms. The van der Waals surface area contributed by atoms with Crippen molar-refractivity contribution < 1.29 is 33.6 Å². The van der Waals surface area contributed by atoms with Crippen LogP contribution in [0, 0.1) is 0 Å². The van der Waals surface area contributed by atoms with Gasteiger partial charge in [-0.2, -0.15) is 0 Å². The maximum Gasteiger partial charge on any atom is 0.328 e. The number of aliphatic hydroxyl groups excluding tert-OH is 1. The van der Waals surface area contributed by atoms with Crippen LogP contribution in [0.5, 0.6) is 0 Å². The fourth-order valence-electron chi connectivity index (χ4n) is 6.45. The predicted molar refractivity (Wildman–Crippen MR) is 189 cm³/mol. The maximum atomic E-state index is 12.9. The van der Waals surface area contributed by atoms with Gasteiger partial charge in [-0.25, -0.2) is 9.59 Å². The van der Waals surface area contributed by atoms with Crippen LogP contribution < -0.4 is 10.6 Å². The smallest absolute Gasteiger partial charge is 0.328 e. The highest BCUT2D eigenvalue weighted by molar-refractivity contribution is 5.84. The zero-order valence-corrected chi connectivity index (χ0v) is 28.3. The Morgan fingerprint density at radius 3 is 2.28 bits per heavy atom. The summed E-state index contributed by atoms with van der Waals surface area (Å²) in [5.41, 5.74) is 6.64. The molecule has 50 heavy (non-hydrogen) atoms. The van der Waals surface area contributed by atoms with Crippen LogP contribution in [0.2, 0.25) is 0 Å². The fourth-order valence-corrected chi connectivity index (χ4v) is 6.45. The molecule has 6 rings (SSSR count). The molecule has 4 atom stereocenters. The van der Waals surface area contributed by atoms with Crippen molar-refractivity contribution >= 4 is 12.0 Å². The van der Waals surface area contributed by atoms with Gasteiger partial charge in [0.15, 0.2) is 6.29 Å². The van der Waals surface area contributed by atoms with Crippen molar-refractivity contribution in [3.63, 3.8) is 0 Å². The first kappa shape index (κ1) is 35.3. The molecule has 0 unspecified atom stereocenters. The van der Waals surface area contributed by atoms with Crippen LogP contribution >= 0.6 is 0 Å². The second-order valence-electron chi connectivity index (χ2n) is 12.6. The molecule has 0 radical (unpaired) electrons. The molecule has 2 saturated heterocycles. The van der Waals surface area contributed by atoms with Crippen molar-refractivity contribution in [2.75, 3.05) is 40.0 Å². The van der Waals surface area contributed by atoms with Crippen LogP contribution in [0.1, 0.15) is 46.6 Å². The molecule has 10 heteroatoms. The predicted octanol–water partition coefficient (Wildman–Crippen LogP) is 5.31. The van der Waals surface area contributed by atoms with Crippen molar-refractivity contribution in [1.82, 2.24) is 15.5 Å². The minimum atomic E-state index is -0.817. The summed E-state index contributed by atoms with van der Waals surface area (Å²) in [6.07, 6.45) is 0.314. The average molecular weight is 680 g/mol. The number of amides is 2. The third-order valence-electron chi connectivity index (χ3n) is 9.20.